The zero-order chi connectivity index (χ0) is 12.3. The number of hydrogen-bond donors (Lipinski definition) is 2. The minimum Gasteiger partial charge on any atom is -0.480 e. The molecule has 2 heterocycles. The lowest BCUT2D eigenvalue weighted by molar-refractivity contribution is -0.152. The van der Waals surface area contributed by atoms with Crippen LogP contribution in [0.4, 0.5) is 0 Å². The highest BCUT2D eigenvalue weighted by atomic mass is 32.2. The second-order valence-electron chi connectivity index (χ2n) is 4.46. The molecule has 2 rings (SSSR count). The first-order chi connectivity index (χ1) is 8.20. The monoisotopic (exact) mass is 258 g/mol. The van der Waals surface area contributed by atoms with Gasteiger partial charge in [-0.25, -0.2) is 4.79 Å². The maximum Gasteiger partial charge on any atom is 0.326 e. The molecule has 6 heteroatoms. The lowest BCUT2D eigenvalue weighted by Gasteiger charge is -2.36. The number of nitrogens with one attached hydrogen (secondary N) is 1. The Labute approximate surface area is 105 Å². The summed E-state index contributed by atoms with van der Waals surface area (Å²) in [6.07, 6.45) is 2.39. The summed E-state index contributed by atoms with van der Waals surface area (Å²) in [6, 6.07) is -0.821. The van der Waals surface area contributed by atoms with Crippen molar-refractivity contribution in [1.29, 1.82) is 0 Å². The number of hydrogen-bond acceptors (Lipinski definition) is 4. The van der Waals surface area contributed by atoms with E-state index in [2.05, 4.69) is 5.32 Å². The molecule has 1 amide bonds. The molecule has 0 spiro atoms. The van der Waals surface area contributed by atoms with Gasteiger partial charge in [0.05, 0.1) is 6.04 Å². The third kappa shape index (κ3) is 2.93. The largest absolute Gasteiger partial charge is 0.480 e. The predicted octanol–water partition coefficient (Wildman–Crippen LogP) is 0.157. The van der Waals surface area contributed by atoms with E-state index in [1.807, 2.05) is 0 Å². The van der Waals surface area contributed by atoms with Crippen molar-refractivity contribution in [3.8, 4) is 0 Å². The Bertz CT molecular complexity index is 305. The summed E-state index contributed by atoms with van der Waals surface area (Å²) < 4.78 is 0. The Morgan fingerprint density at radius 2 is 2.18 bits per heavy atom. The minimum absolute atomic E-state index is 0.0377. The number of rotatable bonds is 2. The second-order valence-corrected chi connectivity index (χ2v) is 5.61. The van der Waals surface area contributed by atoms with Crippen LogP contribution in [-0.4, -0.2) is 58.6 Å². The van der Waals surface area contributed by atoms with E-state index >= 15 is 0 Å². The summed E-state index contributed by atoms with van der Waals surface area (Å²) >= 11 is 1.75. The molecule has 0 aromatic heterocycles. The average molecular weight is 258 g/mol. The Kier molecular flexibility index (Phi) is 4.28. The molecule has 2 unspecified atom stereocenters. The van der Waals surface area contributed by atoms with Gasteiger partial charge in [0, 0.05) is 24.6 Å². The topological polar surface area (TPSA) is 69.6 Å². The van der Waals surface area contributed by atoms with E-state index in [0.29, 0.717) is 13.0 Å². The highest BCUT2D eigenvalue weighted by molar-refractivity contribution is 7.99. The van der Waals surface area contributed by atoms with E-state index in [4.69, 9.17) is 5.11 Å². The molecule has 0 aliphatic carbocycles. The Morgan fingerprint density at radius 3 is 2.82 bits per heavy atom. The molecule has 2 aliphatic heterocycles. The molecule has 5 nitrogen and oxygen atoms in total. The number of carboxylic acid groups (broad SMARTS) is 1. The fraction of sp³-hybridized carbons (Fsp3) is 0.818. The first-order valence-electron chi connectivity index (χ1n) is 6.04. The number of carbonyl (C=O) groups excluding carboxylic acids is 1. The van der Waals surface area contributed by atoms with E-state index in [-0.39, 0.29) is 11.9 Å². The summed E-state index contributed by atoms with van der Waals surface area (Å²) in [5.41, 5.74) is 0. The van der Waals surface area contributed by atoms with Crippen LogP contribution in [0.25, 0.3) is 0 Å². The van der Waals surface area contributed by atoms with Crippen LogP contribution in [0.5, 0.6) is 0 Å². The number of amides is 1. The van der Waals surface area contributed by atoms with E-state index in [0.717, 1.165) is 30.9 Å². The summed E-state index contributed by atoms with van der Waals surface area (Å²) in [7, 11) is 0. The molecule has 2 fully saturated rings. The van der Waals surface area contributed by atoms with Crippen molar-refractivity contribution in [3.05, 3.63) is 0 Å². The number of carboxylic acids is 1. The van der Waals surface area contributed by atoms with Crippen molar-refractivity contribution in [2.45, 2.75) is 31.3 Å². The highest BCUT2D eigenvalue weighted by Gasteiger charge is 2.35. The molecule has 0 aromatic rings. The Balaban J connectivity index is 2.02. The van der Waals surface area contributed by atoms with Crippen LogP contribution in [0.1, 0.15) is 19.3 Å². The van der Waals surface area contributed by atoms with Gasteiger partial charge in [-0.2, -0.15) is 11.8 Å². The van der Waals surface area contributed by atoms with Gasteiger partial charge in [-0.05, 0) is 19.3 Å². The molecular formula is C11H18N2O3S. The lowest BCUT2D eigenvalue weighted by Crippen LogP contribution is -2.56. The molecule has 0 saturated carbocycles. The van der Waals surface area contributed by atoms with Gasteiger partial charge in [0.2, 0.25) is 5.91 Å². The molecule has 17 heavy (non-hydrogen) atoms. The standard InChI is InChI=1S/C11H18N2O3S/c14-10(8-7-17-6-4-12-8)13-5-2-1-3-9(13)11(15)16/h8-9,12H,1-7H2,(H,15,16). The number of thioether (sulfide) groups is 1. The first kappa shape index (κ1) is 12.7. The van der Waals surface area contributed by atoms with Gasteiger partial charge in [0.15, 0.2) is 0 Å². The maximum absolute atomic E-state index is 12.3. The molecule has 0 aromatic carbocycles. The van der Waals surface area contributed by atoms with E-state index in [9.17, 15) is 9.59 Å². The fourth-order valence-corrected chi connectivity index (χ4v) is 3.30. The molecule has 0 radical (unpaired) electrons. The lowest BCUT2D eigenvalue weighted by atomic mass is 10.0. The third-order valence-corrected chi connectivity index (χ3v) is 4.35. The van der Waals surface area contributed by atoms with Crippen LogP contribution in [0, 0.1) is 0 Å². The summed E-state index contributed by atoms with van der Waals surface area (Å²) in [5.74, 6) is 0.860. The first-order valence-corrected chi connectivity index (χ1v) is 7.20. The number of piperidine rings is 1. The molecule has 96 valence electrons. The van der Waals surface area contributed by atoms with Crippen molar-refractivity contribution in [2.24, 2.45) is 0 Å². The number of aliphatic carboxylic acids is 1. The van der Waals surface area contributed by atoms with Crippen molar-refractivity contribution < 1.29 is 14.7 Å². The predicted molar refractivity (Wildman–Crippen MR) is 66.1 cm³/mol. The van der Waals surface area contributed by atoms with Gasteiger partial charge >= 0.3 is 5.97 Å². The van der Waals surface area contributed by atoms with Gasteiger partial charge in [0.1, 0.15) is 6.04 Å². The normalized spacial score (nSPS) is 30.0. The van der Waals surface area contributed by atoms with Crippen LogP contribution in [0.3, 0.4) is 0 Å². The Morgan fingerprint density at radius 1 is 1.35 bits per heavy atom. The van der Waals surface area contributed by atoms with Gasteiger partial charge in [-0.15, -0.1) is 0 Å². The molecule has 0 bridgehead atoms. The minimum atomic E-state index is -0.874. The van der Waals surface area contributed by atoms with E-state index in [1.54, 1.807) is 16.7 Å². The number of nitrogens with zero attached hydrogens (tertiary/aromatic N) is 1. The van der Waals surface area contributed by atoms with E-state index < -0.39 is 12.0 Å². The van der Waals surface area contributed by atoms with Gasteiger partial charge in [0.25, 0.3) is 0 Å². The highest BCUT2D eigenvalue weighted by Crippen LogP contribution is 2.20. The molecule has 2 saturated heterocycles. The summed E-state index contributed by atoms with van der Waals surface area (Å²) in [6.45, 7) is 1.41. The second kappa shape index (κ2) is 5.73. The van der Waals surface area contributed by atoms with Crippen molar-refractivity contribution >= 4 is 23.6 Å². The van der Waals surface area contributed by atoms with Crippen LogP contribution >= 0.6 is 11.8 Å². The SMILES string of the molecule is O=C(O)C1CCCCN1C(=O)C1CSCCN1. The van der Waals surface area contributed by atoms with Crippen LogP contribution in [0.15, 0.2) is 0 Å². The Hall–Kier alpha value is -0.750. The fourth-order valence-electron chi connectivity index (χ4n) is 2.38. The average Bonchev–Trinajstić information content (AvgIpc) is 2.39. The molecule has 2 atom stereocenters. The molecule has 2 aliphatic rings. The maximum atomic E-state index is 12.3. The van der Waals surface area contributed by atoms with Gasteiger partial charge in [-0.1, -0.05) is 0 Å². The number of carbonyl (C=O) groups is 2. The van der Waals surface area contributed by atoms with Gasteiger partial charge in [-0.3, -0.25) is 4.79 Å². The summed E-state index contributed by atoms with van der Waals surface area (Å²) in [5, 5.41) is 12.3. The summed E-state index contributed by atoms with van der Waals surface area (Å²) in [4.78, 5) is 24.9. The zero-order valence-electron chi connectivity index (χ0n) is 9.72. The van der Waals surface area contributed by atoms with E-state index in [1.165, 1.54) is 0 Å². The van der Waals surface area contributed by atoms with Crippen LogP contribution < -0.4 is 5.32 Å². The van der Waals surface area contributed by atoms with Crippen molar-refractivity contribution in [1.82, 2.24) is 10.2 Å². The quantitative estimate of drug-likeness (QED) is 0.738. The van der Waals surface area contributed by atoms with Crippen molar-refractivity contribution in [2.75, 3.05) is 24.6 Å². The molecule has 2 N–H and O–H groups in total. The smallest absolute Gasteiger partial charge is 0.326 e. The van der Waals surface area contributed by atoms with Gasteiger partial charge < -0.3 is 15.3 Å². The number of likely N-dealkylation sites (tertiary alicyclic amines) is 1. The molecular weight excluding hydrogens is 240 g/mol. The van der Waals surface area contributed by atoms with Crippen LogP contribution in [-0.2, 0) is 9.59 Å². The van der Waals surface area contributed by atoms with Crippen LogP contribution in [0.2, 0.25) is 0 Å². The van der Waals surface area contributed by atoms with Crippen molar-refractivity contribution in [3.63, 3.8) is 0 Å². The zero-order valence-corrected chi connectivity index (χ0v) is 10.5. The third-order valence-electron chi connectivity index (χ3n) is 3.29.